The molecule has 2 aromatic rings. The minimum atomic E-state index is -0.249. The van der Waals surface area contributed by atoms with Crippen molar-refractivity contribution in [3.8, 4) is 0 Å². The molecule has 0 amide bonds. The Labute approximate surface area is 121 Å². The second-order valence-corrected chi connectivity index (χ2v) is 5.38. The molecule has 100 valence electrons. The van der Waals surface area contributed by atoms with Crippen LogP contribution >= 0.6 is 15.9 Å². The van der Waals surface area contributed by atoms with Crippen LogP contribution in [0.1, 0.15) is 11.1 Å². The summed E-state index contributed by atoms with van der Waals surface area (Å²) < 4.78 is 14.7. The quantitative estimate of drug-likeness (QED) is 0.930. The van der Waals surface area contributed by atoms with Gasteiger partial charge in [0, 0.05) is 35.9 Å². The molecule has 0 unspecified atom stereocenters. The second-order valence-electron chi connectivity index (χ2n) is 4.47. The molecular formula is C15H16BrFN2. The lowest BCUT2D eigenvalue weighted by atomic mass is 10.1. The molecule has 0 aliphatic rings. The van der Waals surface area contributed by atoms with Crippen LogP contribution in [0.25, 0.3) is 0 Å². The predicted molar refractivity (Wildman–Crippen MR) is 80.5 cm³/mol. The van der Waals surface area contributed by atoms with E-state index in [9.17, 15) is 4.39 Å². The Morgan fingerprint density at radius 3 is 2.63 bits per heavy atom. The molecule has 0 atom stereocenters. The standard InChI is InChI=1S/C15H16BrFN2/c1-19(10-11-3-2-4-13(16)7-11)14-6-5-12(9-18)15(17)8-14/h2-8H,9-10,18H2,1H3. The Hall–Kier alpha value is -1.39. The van der Waals surface area contributed by atoms with Gasteiger partial charge < -0.3 is 10.6 Å². The van der Waals surface area contributed by atoms with E-state index in [1.54, 1.807) is 6.07 Å². The van der Waals surface area contributed by atoms with Gasteiger partial charge in [-0.2, -0.15) is 0 Å². The van der Waals surface area contributed by atoms with E-state index >= 15 is 0 Å². The first-order valence-corrected chi connectivity index (χ1v) is 6.83. The van der Waals surface area contributed by atoms with Gasteiger partial charge in [-0.25, -0.2) is 4.39 Å². The topological polar surface area (TPSA) is 29.3 Å². The number of halogens is 2. The van der Waals surface area contributed by atoms with Gasteiger partial charge in [0.05, 0.1) is 0 Å². The average molecular weight is 323 g/mol. The SMILES string of the molecule is CN(Cc1cccc(Br)c1)c1ccc(CN)c(F)c1. The third-order valence-electron chi connectivity index (χ3n) is 3.01. The first kappa shape index (κ1) is 14.0. The highest BCUT2D eigenvalue weighted by molar-refractivity contribution is 9.10. The number of nitrogens with two attached hydrogens (primary N) is 1. The van der Waals surface area contributed by atoms with Gasteiger partial charge in [-0.3, -0.25) is 0 Å². The summed E-state index contributed by atoms with van der Waals surface area (Å²) in [6.45, 7) is 0.947. The molecule has 2 rings (SSSR count). The summed E-state index contributed by atoms with van der Waals surface area (Å²) >= 11 is 3.45. The van der Waals surface area contributed by atoms with Crippen molar-refractivity contribution in [2.24, 2.45) is 5.73 Å². The summed E-state index contributed by atoms with van der Waals surface area (Å²) in [6, 6.07) is 13.2. The number of rotatable bonds is 4. The van der Waals surface area contributed by atoms with Gasteiger partial charge in [0.15, 0.2) is 0 Å². The first-order chi connectivity index (χ1) is 9.10. The fourth-order valence-corrected chi connectivity index (χ4v) is 2.39. The van der Waals surface area contributed by atoms with Crippen molar-refractivity contribution in [3.63, 3.8) is 0 Å². The van der Waals surface area contributed by atoms with E-state index in [1.165, 1.54) is 11.6 Å². The highest BCUT2D eigenvalue weighted by atomic mass is 79.9. The van der Waals surface area contributed by atoms with Crippen LogP contribution in [-0.4, -0.2) is 7.05 Å². The molecule has 2 aromatic carbocycles. The third kappa shape index (κ3) is 3.55. The van der Waals surface area contributed by atoms with Crippen molar-refractivity contribution in [2.75, 3.05) is 11.9 Å². The summed E-state index contributed by atoms with van der Waals surface area (Å²) in [6.07, 6.45) is 0. The van der Waals surface area contributed by atoms with Gasteiger partial charge in [0.2, 0.25) is 0 Å². The van der Waals surface area contributed by atoms with E-state index < -0.39 is 0 Å². The second kappa shape index (κ2) is 6.17. The van der Waals surface area contributed by atoms with Crippen molar-refractivity contribution in [3.05, 3.63) is 63.9 Å². The largest absolute Gasteiger partial charge is 0.370 e. The van der Waals surface area contributed by atoms with Crippen molar-refractivity contribution >= 4 is 21.6 Å². The van der Waals surface area contributed by atoms with Crippen LogP contribution in [0.5, 0.6) is 0 Å². The summed E-state index contributed by atoms with van der Waals surface area (Å²) in [4.78, 5) is 2.01. The fourth-order valence-electron chi connectivity index (χ4n) is 1.94. The van der Waals surface area contributed by atoms with E-state index in [4.69, 9.17) is 5.73 Å². The average Bonchev–Trinajstić information content (AvgIpc) is 2.38. The Bertz CT molecular complexity index is 572. The van der Waals surface area contributed by atoms with Crippen molar-refractivity contribution in [1.29, 1.82) is 0 Å². The number of hydrogen-bond acceptors (Lipinski definition) is 2. The molecule has 0 spiro atoms. The maximum atomic E-state index is 13.7. The smallest absolute Gasteiger partial charge is 0.129 e. The zero-order valence-corrected chi connectivity index (χ0v) is 12.3. The first-order valence-electron chi connectivity index (χ1n) is 6.04. The maximum absolute atomic E-state index is 13.7. The molecule has 0 bridgehead atoms. The monoisotopic (exact) mass is 322 g/mol. The molecule has 0 saturated heterocycles. The third-order valence-corrected chi connectivity index (χ3v) is 3.50. The number of nitrogens with zero attached hydrogens (tertiary/aromatic N) is 1. The number of anilines is 1. The summed E-state index contributed by atoms with van der Waals surface area (Å²) in [5.41, 5.74) is 8.01. The number of hydrogen-bond donors (Lipinski definition) is 1. The van der Waals surface area contributed by atoms with E-state index in [-0.39, 0.29) is 12.4 Å². The molecule has 4 heteroatoms. The molecule has 19 heavy (non-hydrogen) atoms. The Kier molecular flexibility index (Phi) is 4.56. The van der Waals surface area contributed by atoms with Crippen LogP contribution in [0.2, 0.25) is 0 Å². The molecule has 0 saturated carbocycles. The van der Waals surface area contributed by atoms with Crippen LogP contribution in [0.15, 0.2) is 46.9 Å². The molecule has 2 N–H and O–H groups in total. The van der Waals surface area contributed by atoms with Crippen LogP contribution in [0, 0.1) is 5.82 Å². The highest BCUT2D eigenvalue weighted by Crippen LogP contribution is 2.20. The van der Waals surface area contributed by atoms with Crippen molar-refractivity contribution in [2.45, 2.75) is 13.1 Å². The van der Waals surface area contributed by atoms with Crippen LogP contribution in [-0.2, 0) is 13.1 Å². The molecule has 0 radical (unpaired) electrons. The molecule has 0 heterocycles. The minimum absolute atomic E-state index is 0.224. The predicted octanol–water partition coefficient (Wildman–Crippen LogP) is 3.68. The molecular weight excluding hydrogens is 307 g/mol. The van der Waals surface area contributed by atoms with Crippen LogP contribution < -0.4 is 10.6 Å². The normalized spacial score (nSPS) is 10.5. The van der Waals surface area contributed by atoms with Gasteiger partial charge in [-0.15, -0.1) is 0 Å². The van der Waals surface area contributed by atoms with Crippen molar-refractivity contribution in [1.82, 2.24) is 0 Å². The van der Waals surface area contributed by atoms with E-state index in [2.05, 4.69) is 22.0 Å². The van der Waals surface area contributed by atoms with Gasteiger partial charge in [0.25, 0.3) is 0 Å². The molecule has 0 aliphatic heterocycles. The zero-order chi connectivity index (χ0) is 13.8. The minimum Gasteiger partial charge on any atom is -0.370 e. The Morgan fingerprint density at radius 2 is 2.00 bits per heavy atom. The zero-order valence-electron chi connectivity index (χ0n) is 10.7. The number of benzene rings is 2. The molecule has 0 aliphatic carbocycles. The van der Waals surface area contributed by atoms with E-state index in [1.807, 2.05) is 36.2 Å². The van der Waals surface area contributed by atoms with Crippen LogP contribution in [0.3, 0.4) is 0 Å². The van der Waals surface area contributed by atoms with Gasteiger partial charge >= 0.3 is 0 Å². The molecule has 2 nitrogen and oxygen atoms in total. The summed E-state index contributed by atoms with van der Waals surface area (Å²) in [5.74, 6) is -0.249. The lowest BCUT2D eigenvalue weighted by Crippen LogP contribution is -2.16. The highest BCUT2D eigenvalue weighted by Gasteiger charge is 2.06. The maximum Gasteiger partial charge on any atom is 0.129 e. The van der Waals surface area contributed by atoms with Gasteiger partial charge in [0.1, 0.15) is 5.82 Å². The van der Waals surface area contributed by atoms with Crippen LogP contribution in [0.4, 0.5) is 10.1 Å². The lowest BCUT2D eigenvalue weighted by molar-refractivity contribution is 0.610. The van der Waals surface area contributed by atoms with Crippen molar-refractivity contribution < 1.29 is 4.39 Å². The summed E-state index contributed by atoms with van der Waals surface area (Å²) in [5, 5.41) is 0. The van der Waals surface area contributed by atoms with Gasteiger partial charge in [-0.05, 0) is 29.8 Å². The fraction of sp³-hybridized carbons (Fsp3) is 0.200. The Morgan fingerprint density at radius 1 is 1.21 bits per heavy atom. The molecule has 0 aromatic heterocycles. The van der Waals surface area contributed by atoms with Gasteiger partial charge in [-0.1, -0.05) is 34.1 Å². The Balaban J connectivity index is 2.15. The van der Waals surface area contributed by atoms with E-state index in [0.717, 1.165) is 16.7 Å². The summed E-state index contributed by atoms with van der Waals surface area (Å²) in [7, 11) is 1.94. The molecule has 0 fully saturated rings. The van der Waals surface area contributed by atoms with E-state index in [0.29, 0.717) is 5.56 Å². The lowest BCUT2D eigenvalue weighted by Gasteiger charge is -2.20.